The Labute approximate surface area is 187 Å². The van der Waals surface area contributed by atoms with Crippen molar-refractivity contribution in [2.45, 2.75) is 31.6 Å². The van der Waals surface area contributed by atoms with Crippen molar-refractivity contribution < 1.29 is 26.7 Å². The summed E-state index contributed by atoms with van der Waals surface area (Å²) in [7, 11) is 0. The largest absolute Gasteiger partial charge is 0.395 e. The highest BCUT2D eigenvalue weighted by Crippen LogP contribution is 2.44. The lowest BCUT2D eigenvalue weighted by molar-refractivity contribution is -0.146. The lowest BCUT2D eigenvalue weighted by atomic mass is 9.94. The van der Waals surface area contributed by atoms with E-state index in [4.69, 9.17) is 11.6 Å². The molecular formula is C20H14ClF5N6O. The number of fused-ring (bicyclic) bond motifs is 2. The minimum absolute atomic E-state index is 0.0514. The molecule has 0 bridgehead atoms. The van der Waals surface area contributed by atoms with Gasteiger partial charge in [0.25, 0.3) is 0 Å². The highest BCUT2D eigenvalue weighted by Gasteiger charge is 2.44. The van der Waals surface area contributed by atoms with Crippen molar-refractivity contribution in [2.24, 2.45) is 5.92 Å². The van der Waals surface area contributed by atoms with E-state index in [1.165, 1.54) is 29.2 Å². The quantitative estimate of drug-likeness (QED) is 0.398. The molecule has 13 heteroatoms. The zero-order chi connectivity index (χ0) is 23.7. The van der Waals surface area contributed by atoms with Gasteiger partial charge in [-0.15, -0.1) is 0 Å². The first kappa shape index (κ1) is 21.6. The standard InChI is InChI=1S/C20H14ClF5N6O/c1-7(20(24,25)26)14-17(23)16(21)15(9-3-28-31-18(9)14)11-5-32-6-12(29-13(32)4-27-11)30-19(33)8-2-10(8)22/h3-8,10H,2H2,1H3,(H,28,31)(H,30,33). The summed E-state index contributed by atoms with van der Waals surface area (Å²) in [5.74, 6) is -4.37. The highest BCUT2D eigenvalue weighted by molar-refractivity contribution is 6.35. The van der Waals surface area contributed by atoms with Gasteiger partial charge in [0, 0.05) is 22.7 Å². The molecule has 3 unspecified atom stereocenters. The number of anilines is 1. The van der Waals surface area contributed by atoms with Gasteiger partial charge in [-0.25, -0.2) is 13.8 Å². The first-order chi connectivity index (χ1) is 15.6. The van der Waals surface area contributed by atoms with Gasteiger partial charge in [0.05, 0.1) is 46.7 Å². The van der Waals surface area contributed by atoms with Crippen molar-refractivity contribution in [2.75, 3.05) is 5.32 Å². The van der Waals surface area contributed by atoms with Crippen LogP contribution in [0.4, 0.5) is 27.8 Å². The van der Waals surface area contributed by atoms with Crippen LogP contribution in [0.5, 0.6) is 0 Å². The second-order valence-electron chi connectivity index (χ2n) is 7.85. The number of hydrogen-bond acceptors (Lipinski definition) is 4. The van der Waals surface area contributed by atoms with Crippen LogP contribution >= 0.6 is 11.6 Å². The molecule has 0 saturated heterocycles. The topological polar surface area (TPSA) is 88.0 Å². The Bertz CT molecular complexity index is 1410. The van der Waals surface area contributed by atoms with Crippen molar-refractivity contribution in [3.63, 3.8) is 0 Å². The Balaban J connectivity index is 1.59. The molecule has 172 valence electrons. The van der Waals surface area contributed by atoms with Crippen LogP contribution in [0, 0.1) is 11.7 Å². The number of alkyl halides is 4. The lowest BCUT2D eigenvalue weighted by Gasteiger charge is -2.19. The van der Waals surface area contributed by atoms with Crippen molar-refractivity contribution in [3.8, 4) is 11.3 Å². The molecule has 3 atom stereocenters. The van der Waals surface area contributed by atoms with E-state index in [1.54, 1.807) is 0 Å². The first-order valence-corrected chi connectivity index (χ1v) is 10.1. The van der Waals surface area contributed by atoms with Crippen LogP contribution in [-0.4, -0.2) is 42.8 Å². The number of aromatic amines is 1. The molecule has 0 radical (unpaired) electrons. The van der Waals surface area contributed by atoms with Crippen LogP contribution in [0.25, 0.3) is 27.8 Å². The molecule has 5 rings (SSSR count). The summed E-state index contributed by atoms with van der Waals surface area (Å²) < 4.78 is 69.6. The molecular weight excluding hydrogens is 471 g/mol. The third-order valence-corrected chi connectivity index (χ3v) is 6.00. The molecule has 4 aromatic rings. The molecule has 1 aromatic carbocycles. The van der Waals surface area contributed by atoms with Crippen molar-refractivity contribution in [1.29, 1.82) is 0 Å². The summed E-state index contributed by atoms with van der Waals surface area (Å²) >= 11 is 6.20. The second kappa shape index (κ2) is 7.37. The number of carbonyl (C=O) groups is 1. The lowest BCUT2D eigenvalue weighted by Crippen LogP contribution is -2.19. The fourth-order valence-corrected chi connectivity index (χ4v) is 4.00. The summed E-state index contributed by atoms with van der Waals surface area (Å²) in [4.78, 5) is 20.3. The number of imidazole rings is 1. The summed E-state index contributed by atoms with van der Waals surface area (Å²) in [5, 5.41) is 8.36. The van der Waals surface area contributed by atoms with Gasteiger partial charge >= 0.3 is 6.18 Å². The van der Waals surface area contributed by atoms with Gasteiger partial charge in [-0.2, -0.15) is 18.3 Å². The average molecular weight is 485 g/mol. The second-order valence-corrected chi connectivity index (χ2v) is 8.23. The van der Waals surface area contributed by atoms with E-state index in [0.717, 1.165) is 6.92 Å². The van der Waals surface area contributed by atoms with E-state index in [9.17, 15) is 22.4 Å². The van der Waals surface area contributed by atoms with E-state index >= 15 is 4.39 Å². The predicted molar refractivity (Wildman–Crippen MR) is 109 cm³/mol. The Kier molecular flexibility index (Phi) is 4.82. The smallest absolute Gasteiger partial charge is 0.309 e. The van der Waals surface area contributed by atoms with Gasteiger partial charge in [0.1, 0.15) is 12.0 Å². The number of rotatable bonds is 4. The number of benzene rings is 1. The Hall–Kier alpha value is -3.28. The highest BCUT2D eigenvalue weighted by atomic mass is 35.5. The Morgan fingerprint density at radius 1 is 1.33 bits per heavy atom. The maximum Gasteiger partial charge on any atom is 0.395 e. The summed E-state index contributed by atoms with van der Waals surface area (Å²) in [6.45, 7) is 0.840. The zero-order valence-electron chi connectivity index (χ0n) is 16.7. The molecule has 3 heterocycles. The van der Waals surface area contributed by atoms with Crippen LogP contribution in [0.15, 0.2) is 24.8 Å². The maximum atomic E-state index is 15.1. The monoisotopic (exact) mass is 484 g/mol. The first-order valence-electron chi connectivity index (χ1n) is 9.77. The third kappa shape index (κ3) is 3.58. The van der Waals surface area contributed by atoms with Crippen LogP contribution in [0.1, 0.15) is 24.8 Å². The molecule has 1 fully saturated rings. The van der Waals surface area contributed by atoms with E-state index in [1.807, 2.05) is 0 Å². The summed E-state index contributed by atoms with van der Waals surface area (Å²) in [5.41, 5.74) is -0.254. The van der Waals surface area contributed by atoms with E-state index < -0.39 is 46.5 Å². The number of nitrogens with zero attached hydrogens (tertiary/aromatic N) is 4. The summed E-state index contributed by atoms with van der Waals surface area (Å²) in [6.07, 6.45) is -0.228. The van der Waals surface area contributed by atoms with Crippen LogP contribution < -0.4 is 5.32 Å². The van der Waals surface area contributed by atoms with Gasteiger partial charge in [-0.3, -0.25) is 14.9 Å². The molecule has 7 nitrogen and oxygen atoms in total. The molecule has 0 spiro atoms. The van der Waals surface area contributed by atoms with E-state index in [2.05, 4.69) is 25.5 Å². The SMILES string of the molecule is CC(c1c(F)c(Cl)c(-c2cn3cc(NC(=O)C4CC4F)nc3cn2)c2cn[nH]c12)C(F)(F)F. The van der Waals surface area contributed by atoms with Crippen molar-refractivity contribution >= 4 is 39.9 Å². The minimum Gasteiger partial charge on any atom is -0.309 e. The van der Waals surface area contributed by atoms with Crippen LogP contribution in [0.2, 0.25) is 5.02 Å². The van der Waals surface area contributed by atoms with E-state index in [0.29, 0.717) is 5.65 Å². The van der Waals surface area contributed by atoms with Crippen molar-refractivity contribution in [1.82, 2.24) is 24.6 Å². The third-order valence-electron chi connectivity index (χ3n) is 5.65. The number of aromatic nitrogens is 5. The fourth-order valence-electron chi connectivity index (χ4n) is 3.70. The number of carbonyl (C=O) groups excluding carboxylic acids is 1. The number of nitrogens with one attached hydrogen (secondary N) is 2. The molecule has 1 aliphatic carbocycles. The molecule has 1 aliphatic rings. The maximum absolute atomic E-state index is 15.1. The number of hydrogen-bond donors (Lipinski definition) is 2. The van der Waals surface area contributed by atoms with Gasteiger partial charge in [0.15, 0.2) is 11.5 Å². The van der Waals surface area contributed by atoms with Gasteiger partial charge in [-0.05, 0) is 13.3 Å². The van der Waals surface area contributed by atoms with Crippen LogP contribution in [-0.2, 0) is 4.79 Å². The molecule has 0 aliphatic heterocycles. The van der Waals surface area contributed by atoms with Crippen molar-refractivity contribution in [3.05, 3.63) is 41.2 Å². The Morgan fingerprint density at radius 3 is 2.73 bits per heavy atom. The molecule has 3 aromatic heterocycles. The minimum atomic E-state index is -4.69. The van der Waals surface area contributed by atoms with Gasteiger partial charge in [0.2, 0.25) is 5.91 Å². The predicted octanol–water partition coefficient (Wildman–Crippen LogP) is 5.03. The average Bonchev–Trinajstić information content (AvgIpc) is 3.11. The number of H-pyrrole nitrogens is 1. The normalized spacial score (nSPS) is 19.2. The molecule has 1 saturated carbocycles. The van der Waals surface area contributed by atoms with Gasteiger partial charge in [-0.1, -0.05) is 11.6 Å². The number of amides is 1. The fraction of sp³-hybridized carbons (Fsp3) is 0.300. The summed E-state index contributed by atoms with van der Waals surface area (Å²) in [6, 6.07) is 0. The zero-order valence-corrected chi connectivity index (χ0v) is 17.5. The Morgan fingerprint density at radius 2 is 2.06 bits per heavy atom. The number of halogens is 6. The molecule has 2 N–H and O–H groups in total. The molecule has 33 heavy (non-hydrogen) atoms. The van der Waals surface area contributed by atoms with Gasteiger partial charge < -0.3 is 9.72 Å². The molecule has 1 amide bonds. The van der Waals surface area contributed by atoms with Crippen LogP contribution in [0.3, 0.4) is 0 Å². The van der Waals surface area contributed by atoms with E-state index in [-0.39, 0.29) is 34.4 Å².